The Hall–Kier alpha value is -3.45. The molecule has 32 heavy (non-hydrogen) atoms. The zero-order chi connectivity index (χ0) is 23.4. The molecule has 0 atom stereocenters. The number of aryl methyl sites for hydroxylation is 1. The zero-order valence-electron chi connectivity index (χ0n) is 16.5. The third kappa shape index (κ3) is 3.91. The number of carbonyl (C=O) groups is 1. The number of hydrogen-bond donors (Lipinski definition) is 4. The van der Waals surface area contributed by atoms with Crippen LogP contribution in [0, 0.1) is 0 Å². The Kier molecular flexibility index (Phi) is 4.97. The maximum Gasteiger partial charge on any atom is 0.295 e. The fraction of sp³-hybridized carbons (Fsp3) is 0.0500. The number of benzene rings is 3. The van der Waals surface area contributed by atoms with Crippen LogP contribution in [0.25, 0.3) is 21.7 Å². The van der Waals surface area contributed by atoms with Gasteiger partial charge >= 0.3 is 0 Å². The molecule has 0 spiro atoms. The van der Waals surface area contributed by atoms with E-state index in [1.165, 1.54) is 18.2 Å². The van der Waals surface area contributed by atoms with E-state index < -0.39 is 35.9 Å². The SMILES string of the molecule is Cn1c(C(=O)Nc2ccc3cc(S(=O)(=O)O)cc(S(=O)(=O)O)c3c2)cc2cc(N)ccc21. The lowest BCUT2D eigenvalue weighted by molar-refractivity contribution is 0.101. The Morgan fingerprint density at radius 2 is 1.62 bits per heavy atom. The molecule has 5 N–H and O–H groups in total. The Morgan fingerprint density at radius 1 is 0.906 bits per heavy atom. The fourth-order valence-electron chi connectivity index (χ4n) is 3.52. The van der Waals surface area contributed by atoms with Crippen LogP contribution in [0.1, 0.15) is 10.5 Å². The molecule has 0 aliphatic rings. The summed E-state index contributed by atoms with van der Waals surface area (Å²) in [5.74, 6) is -0.482. The van der Waals surface area contributed by atoms with Crippen molar-refractivity contribution in [2.45, 2.75) is 9.79 Å². The minimum absolute atomic E-state index is 0.0393. The predicted octanol–water partition coefficient (Wildman–Crippen LogP) is 2.66. The molecule has 1 amide bonds. The summed E-state index contributed by atoms with van der Waals surface area (Å²) in [5.41, 5.74) is 7.65. The molecule has 0 radical (unpaired) electrons. The molecule has 12 heteroatoms. The second kappa shape index (κ2) is 7.31. The van der Waals surface area contributed by atoms with Crippen molar-refractivity contribution < 1.29 is 30.7 Å². The van der Waals surface area contributed by atoms with Crippen molar-refractivity contribution >= 4 is 59.2 Å². The number of fused-ring (bicyclic) bond motifs is 2. The largest absolute Gasteiger partial charge is 0.399 e. The first-order valence-corrected chi connectivity index (χ1v) is 11.9. The first-order chi connectivity index (χ1) is 14.8. The highest BCUT2D eigenvalue weighted by Crippen LogP contribution is 2.30. The van der Waals surface area contributed by atoms with E-state index in [-0.39, 0.29) is 16.5 Å². The van der Waals surface area contributed by atoms with Gasteiger partial charge in [0.1, 0.15) is 10.6 Å². The number of nitrogens with one attached hydrogen (secondary N) is 1. The van der Waals surface area contributed by atoms with E-state index in [0.29, 0.717) is 17.4 Å². The van der Waals surface area contributed by atoms with Crippen molar-refractivity contribution in [3.8, 4) is 0 Å². The molecule has 4 rings (SSSR count). The molecular weight excluding hydrogens is 458 g/mol. The number of nitrogen functional groups attached to an aromatic ring is 1. The van der Waals surface area contributed by atoms with Crippen molar-refractivity contribution in [1.29, 1.82) is 0 Å². The smallest absolute Gasteiger partial charge is 0.295 e. The Labute approximate surface area is 182 Å². The van der Waals surface area contributed by atoms with Crippen LogP contribution in [-0.4, -0.2) is 36.4 Å². The lowest BCUT2D eigenvalue weighted by Crippen LogP contribution is -2.15. The van der Waals surface area contributed by atoms with Gasteiger partial charge in [-0.3, -0.25) is 13.9 Å². The topological polar surface area (TPSA) is 169 Å². The van der Waals surface area contributed by atoms with Crippen LogP contribution >= 0.6 is 0 Å². The van der Waals surface area contributed by atoms with Crippen LogP contribution in [-0.2, 0) is 27.3 Å². The molecule has 4 aromatic rings. The van der Waals surface area contributed by atoms with Crippen LogP contribution in [0.4, 0.5) is 11.4 Å². The van der Waals surface area contributed by atoms with Gasteiger partial charge in [-0.1, -0.05) is 6.07 Å². The minimum Gasteiger partial charge on any atom is -0.399 e. The predicted molar refractivity (Wildman–Crippen MR) is 119 cm³/mol. The van der Waals surface area contributed by atoms with Crippen LogP contribution < -0.4 is 11.1 Å². The number of nitrogens with two attached hydrogens (primary N) is 1. The van der Waals surface area contributed by atoms with Crippen molar-refractivity contribution in [2.24, 2.45) is 7.05 Å². The molecule has 0 aliphatic heterocycles. The standard InChI is InChI=1S/C20H17N3O7S2/c1-23-17-5-3-13(21)6-12(17)8-18(23)20(24)22-14-4-2-11-7-15(31(25,26)27)10-19(16(11)9-14)32(28,29)30/h2-10H,21H2,1H3,(H,22,24)(H,25,26,27)(H,28,29,30). The van der Waals surface area contributed by atoms with Gasteiger partial charge in [0.2, 0.25) is 0 Å². The van der Waals surface area contributed by atoms with Crippen LogP contribution in [0.2, 0.25) is 0 Å². The van der Waals surface area contributed by atoms with E-state index in [1.807, 2.05) is 0 Å². The molecule has 0 bridgehead atoms. The van der Waals surface area contributed by atoms with Gasteiger partial charge in [0.05, 0.1) is 4.90 Å². The molecule has 0 saturated carbocycles. The fourth-order valence-corrected chi connectivity index (χ4v) is 4.87. The molecular formula is C20H17N3O7S2. The average molecular weight is 476 g/mol. The summed E-state index contributed by atoms with van der Waals surface area (Å²) in [6.07, 6.45) is 0. The van der Waals surface area contributed by atoms with E-state index in [4.69, 9.17) is 5.73 Å². The van der Waals surface area contributed by atoms with Gasteiger partial charge in [0.15, 0.2) is 0 Å². The third-order valence-corrected chi connectivity index (χ3v) is 6.75. The van der Waals surface area contributed by atoms with E-state index in [9.17, 15) is 30.7 Å². The second-order valence-corrected chi connectivity index (χ2v) is 9.98. The number of nitrogens with zero attached hydrogens (tertiary/aromatic N) is 1. The number of hydrogen-bond acceptors (Lipinski definition) is 6. The molecule has 166 valence electrons. The molecule has 10 nitrogen and oxygen atoms in total. The summed E-state index contributed by atoms with van der Waals surface area (Å²) in [6, 6.07) is 12.7. The maximum atomic E-state index is 12.8. The van der Waals surface area contributed by atoms with Gasteiger partial charge in [0.25, 0.3) is 26.1 Å². The molecule has 0 saturated heterocycles. The first-order valence-electron chi connectivity index (χ1n) is 9.04. The number of aromatic nitrogens is 1. The van der Waals surface area contributed by atoms with Crippen LogP contribution in [0.3, 0.4) is 0 Å². The highest BCUT2D eigenvalue weighted by atomic mass is 32.2. The molecule has 0 unspecified atom stereocenters. The van der Waals surface area contributed by atoms with Crippen LogP contribution in [0.15, 0.2) is 64.4 Å². The number of rotatable bonds is 4. The summed E-state index contributed by atoms with van der Waals surface area (Å²) in [5, 5.41) is 3.50. The molecule has 0 fully saturated rings. The maximum absolute atomic E-state index is 12.8. The molecule has 0 aliphatic carbocycles. The third-order valence-electron chi connectivity index (χ3n) is 5.02. The summed E-state index contributed by atoms with van der Waals surface area (Å²) in [6.45, 7) is 0. The normalized spacial score (nSPS) is 12.3. The van der Waals surface area contributed by atoms with Gasteiger partial charge in [-0.15, -0.1) is 0 Å². The second-order valence-electron chi connectivity index (χ2n) is 7.17. The van der Waals surface area contributed by atoms with E-state index in [1.54, 1.807) is 35.9 Å². The summed E-state index contributed by atoms with van der Waals surface area (Å²) >= 11 is 0. The molecule has 1 aromatic heterocycles. The van der Waals surface area contributed by atoms with Crippen LogP contribution in [0.5, 0.6) is 0 Å². The first kappa shape index (κ1) is 21.8. The monoisotopic (exact) mass is 475 g/mol. The van der Waals surface area contributed by atoms with Gasteiger partial charge < -0.3 is 15.6 Å². The Balaban J connectivity index is 1.79. The lowest BCUT2D eigenvalue weighted by Gasteiger charge is -2.11. The highest BCUT2D eigenvalue weighted by Gasteiger charge is 2.21. The number of carbonyl (C=O) groups excluding carboxylic acids is 1. The summed E-state index contributed by atoms with van der Waals surface area (Å²) in [7, 11) is -7.85. The van der Waals surface area contributed by atoms with Crippen molar-refractivity contribution in [2.75, 3.05) is 11.1 Å². The van der Waals surface area contributed by atoms with E-state index in [0.717, 1.165) is 17.0 Å². The van der Waals surface area contributed by atoms with Gasteiger partial charge in [0, 0.05) is 34.7 Å². The Bertz CT molecular complexity index is 1640. The van der Waals surface area contributed by atoms with Gasteiger partial charge in [-0.2, -0.15) is 16.8 Å². The summed E-state index contributed by atoms with van der Waals surface area (Å²) < 4.78 is 67.1. The Morgan fingerprint density at radius 3 is 2.28 bits per heavy atom. The average Bonchev–Trinajstić information content (AvgIpc) is 3.01. The van der Waals surface area contributed by atoms with Gasteiger partial charge in [-0.25, -0.2) is 0 Å². The quantitative estimate of drug-likeness (QED) is 0.258. The highest BCUT2D eigenvalue weighted by molar-refractivity contribution is 7.86. The lowest BCUT2D eigenvalue weighted by atomic mass is 10.1. The van der Waals surface area contributed by atoms with Crippen molar-refractivity contribution in [3.63, 3.8) is 0 Å². The van der Waals surface area contributed by atoms with E-state index >= 15 is 0 Å². The number of amides is 1. The van der Waals surface area contributed by atoms with E-state index in [2.05, 4.69) is 5.32 Å². The molecule has 1 heterocycles. The van der Waals surface area contributed by atoms with Crippen molar-refractivity contribution in [3.05, 3.63) is 60.3 Å². The summed E-state index contributed by atoms with van der Waals surface area (Å²) in [4.78, 5) is 11.4. The molecule has 3 aromatic carbocycles. The van der Waals surface area contributed by atoms with Crippen molar-refractivity contribution in [1.82, 2.24) is 4.57 Å². The number of anilines is 2. The van der Waals surface area contributed by atoms with Gasteiger partial charge in [-0.05, 0) is 53.9 Å². The minimum atomic E-state index is -4.84. The zero-order valence-corrected chi connectivity index (χ0v) is 18.1.